The number of halogens is 3. The molecule has 0 fully saturated rings. The van der Waals surface area contributed by atoms with Crippen LogP contribution in [0.15, 0.2) is 29.1 Å². The van der Waals surface area contributed by atoms with E-state index in [0.29, 0.717) is 16.0 Å². The van der Waals surface area contributed by atoms with Crippen LogP contribution in [0.25, 0.3) is 10.8 Å². The topological polar surface area (TPSA) is 56.5 Å². The second-order valence-corrected chi connectivity index (χ2v) is 12.2. The van der Waals surface area contributed by atoms with Gasteiger partial charge in [-0.25, -0.2) is 0 Å². The van der Waals surface area contributed by atoms with Gasteiger partial charge in [-0.1, -0.05) is 19.6 Å². The summed E-state index contributed by atoms with van der Waals surface area (Å²) in [5.41, 5.74) is -5.46. The van der Waals surface area contributed by atoms with Crippen molar-refractivity contribution in [3.05, 3.63) is 24.7 Å². The van der Waals surface area contributed by atoms with Gasteiger partial charge in [0.1, 0.15) is 5.75 Å². The van der Waals surface area contributed by atoms with Crippen molar-refractivity contribution in [2.75, 3.05) is 0 Å². The highest BCUT2D eigenvalue weighted by Gasteiger charge is 2.49. The molecule has 4 nitrogen and oxygen atoms in total. The van der Waals surface area contributed by atoms with Crippen molar-refractivity contribution in [1.29, 1.82) is 0 Å². The van der Waals surface area contributed by atoms with Crippen LogP contribution in [-0.4, -0.2) is 22.0 Å². The Kier molecular flexibility index (Phi) is 3.61. The number of alkyl halides is 3. The Balaban J connectivity index is 2.62. The standard InChI is InChI=1S/C12H13F3O4SSi/c1-21(2,3)11-5-9-7-18-6-8(9)4-10(11)19-20(16,17)12(13,14)15/h4-7H,1-3H3. The van der Waals surface area contributed by atoms with Gasteiger partial charge in [-0.15, -0.1) is 0 Å². The smallest absolute Gasteiger partial charge is 0.471 e. The Hall–Kier alpha value is -1.48. The molecule has 0 aliphatic carbocycles. The lowest BCUT2D eigenvalue weighted by Crippen LogP contribution is -2.40. The van der Waals surface area contributed by atoms with E-state index in [1.54, 1.807) is 6.07 Å². The van der Waals surface area contributed by atoms with Crippen LogP contribution in [0.3, 0.4) is 0 Å². The number of fused-ring (bicyclic) bond motifs is 1. The molecule has 0 bridgehead atoms. The lowest BCUT2D eigenvalue weighted by atomic mass is 10.2. The second kappa shape index (κ2) is 4.77. The highest BCUT2D eigenvalue weighted by molar-refractivity contribution is 7.88. The van der Waals surface area contributed by atoms with Crippen LogP contribution in [0.4, 0.5) is 13.2 Å². The molecule has 0 amide bonds. The van der Waals surface area contributed by atoms with Crippen LogP contribution in [0, 0.1) is 0 Å². The SMILES string of the molecule is C[Si](C)(C)c1cc2cocc2cc1OS(=O)(=O)C(F)(F)F. The van der Waals surface area contributed by atoms with E-state index < -0.39 is 23.7 Å². The molecular formula is C12H13F3O4SSi. The Labute approximate surface area is 120 Å². The maximum Gasteiger partial charge on any atom is 0.534 e. The van der Waals surface area contributed by atoms with Gasteiger partial charge in [-0.05, 0) is 17.3 Å². The zero-order valence-electron chi connectivity index (χ0n) is 11.5. The van der Waals surface area contributed by atoms with Gasteiger partial charge < -0.3 is 8.60 Å². The van der Waals surface area contributed by atoms with Crippen molar-refractivity contribution in [3.63, 3.8) is 0 Å². The minimum atomic E-state index is -5.69. The third kappa shape index (κ3) is 3.08. The second-order valence-electron chi connectivity index (χ2n) is 5.58. The molecule has 0 saturated carbocycles. The van der Waals surface area contributed by atoms with Gasteiger partial charge in [0.05, 0.1) is 20.6 Å². The van der Waals surface area contributed by atoms with Crippen molar-refractivity contribution in [3.8, 4) is 5.75 Å². The molecule has 116 valence electrons. The summed E-state index contributed by atoms with van der Waals surface area (Å²) in [4.78, 5) is 0. The van der Waals surface area contributed by atoms with Crippen LogP contribution in [0.2, 0.25) is 19.6 Å². The van der Waals surface area contributed by atoms with E-state index in [1.807, 2.05) is 19.6 Å². The van der Waals surface area contributed by atoms with Crippen LogP contribution >= 0.6 is 0 Å². The predicted octanol–water partition coefficient (Wildman–Crippen LogP) is 3.21. The first-order valence-corrected chi connectivity index (χ1v) is 10.8. The fourth-order valence-electron chi connectivity index (χ4n) is 1.82. The molecule has 0 radical (unpaired) electrons. The maximum atomic E-state index is 12.5. The lowest BCUT2D eigenvalue weighted by molar-refractivity contribution is -0.0499. The van der Waals surface area contributed by atoms with E-state index >= 15 is 0 Å². The van der Waals surface area contributed by atoms with Crippen LogP contribution < -0.4 is 9.37 Å². The molecule has 1 aromatic heterocycles. The van der Waals surface area contributed by atoms with Gasteiger partial charge in [0.25, 0.3) is 0 Å². The molecule has 0 unspecified atom stereocenters. The highest BCUT2D eigenvalue weighted by Crippen LogP contribution is 2.29. The average molecular weight is 338 g/mol. The van der Waals surface area contributed by atoms with Gasteiger partial charge in [0.15, 0.2) is 0 Å². The summed E-state index contributed by atoms with van der Waals surface area (Å²) in [6.45, 7) is 5.63. The molecule has 0 spiro atoms. The number of furan rings is 1. The van der Waals surface area contributed by atoms with Crippen LogP contribution in [0.5, 0.6) is 5.75 Å². The molecule has 21 heavy (non-hydrogen) atoms. The van der Waals surface area contributed by atoms with Gasteiger partial charge >= 0.3 is 15.6 Å². The normalized spacial score (nSPS) is 13.6. The van der Waals surface area contributed by atoms with Crippen LogP contribution in [-0.2, 0) is 10.1 Å². The molecule has 0 saturated heterocycles. The van der Waals surface area contributed by atoms with Crippen molar-refractivity contribution in [1.82, 2.24) is 0 Å². The average Bonchev–Trinajstić information content (AvgIpc) is 2.71. The van der Waals surface area contributed by atoms with Gasteiger partial charge in [0, 0.05) is 10.8 Å². The van der Waals surface area contributed by atoms with Crippen LogP contribution in [0.1, 0.15) is 0 Å². The minimum Gasteiger partial charge on any atom is -0.471 e. The van der Waals surface area contributed by atoms with Crippen molar-refractivity contribution >= 4 is 34.2 Å². The van der Waals surface area contributed by atoms with E-state index in [9.17, 15) is 21.6 Å². The van der Waals surface area contributed by atoms with E-state index in [1.165, 1.54) is 18.6 Å². The molecule has 1 aromatic carbocycles. The molecular weight excluding hydrogens is 325 g/mol. The number of rotatable bonds is 3. The molecule has 2 aromatic rings. The number of benzene rings is 1. The summed E-state index contributed by atoms with van der Waals surface area (Å²) in [6.07, 6.45) is 2.76. The summed E-state index contributed by atoms with van der Waals surface area (Å²) in [6, 6.07) is 2.88. The fraction of sp³-hybridized carbons (Fsp3) is 0.333. The van der Waals surface area contributed by atoms with E-state index in [0.717, 1.165) is 0 Å². The van der Waals surface area contributed by atoms with Crippen molar-refractivity contribution in [2.45, 2.75) is 25.1 Å². The summed E-state index contributed by atoms with van der Waals surface area (Å²) in [5, 5.41) is 1.64. The molecule has 0 aliphatic heterocycles. The lowest BCUT2D eigenvalue weighted by Gasteiger charge is -2.21. The van der Waals surface area contributed by atoms with Gasteiger partial charge in [0.2, 0.25) is 0 Å². The third-order valence-electron chi connectivity index (χ3n) is 2.87. The quantitative estimate of drug-likeness (QED) is 0.490. The van der Waals surface area contributed by atoms with Gasteiger partial charge in [-0.3, -0.25) is 0 Å². The largest absolute Gasteiger partial charge is 0.534 e. The molecule has 9 heteroatoms. The first-order chi connectivity index (χ1) is 9.42. The zero-order valence-corrected chi connectivity index (χ0v) is 13.3. The molecule has 0 N–H and O–H groups in total. The summed E-state index contributed by atoms with van der Waals surface area (Å²) < 4.78 is 69.2. The highest BCUT2D eigenvalue weighted by atomic mass is 32.2. The zero-order chi connectivity index (χ0) is 16.1. The Morgan fingerprint density at radius 2 is 1.62 bits per heavy atom. The summed E-state index contributed by atoms with van der Waals surface area (Å²) in [5.74, 6) is -0.291. The van der Waals surface area contributed by atoms with Crippen molar-refractivity contribution in [2.24, 2.45) is 0 Å². The number of hydrogen-bond donors (Lipinski definition) is 0. The Morgan fingerprint density at radius 3 is 2.10 bits per heavy atom. The Bertz CT molecular complexity index is 772. The first kappa shape index (κ1) is 15.9. The van der Waals surface area contributed by atoms with E-state index in [4.69, 9.17) is 4.42 Å². The first-order valence-electron chi connectivity index (χ1n) is 5.93. The van der Waals surface area contributed by atoms with Crippen molar-refractivity contribution < 1.29 is 30.2 Å². The number of hydrogen-bond acceptors (Lipinski definition) is 4. The maximum absolute atomic E-state index is 12.5. The van der Waals surface area contributed by atoms with E-state index in [2.05, 4.69) is 4.18 Å². The molecule has 1 heterocycles. The Morgan fingerprint density at radius 1 is 1.10 bits per heavy atom. The minimum absolute atomic E-state index is 0.291. The summed E-state index contributed by atoms with van der Waals surface area (Å²) >= 11 is 0. The fourth-order valence-corrected chi connectivity index (χ4v) is 3.81. The monoisotopic (exact) mass is 338 g/mol. The molecule has 0 aliphatic rings. The van der Waals surface area contributed by atoms with Gasteiger partial charge in [-0.2, -0.15) is 21.6 Å². The summed E-state index contributed by atoms with van der Waals surface area (Å²) in [7, 11) is -7.82. The van der Waals surface area contributed by atoms with E-state index in [-0.39, 0.29) is 5.75 Å². The predicted molar refractivity (Wildman–Crippen MR) is 74.8 cm³/mol. The molecule has 0 atom stereocenters. The molecule has 2 rings (SSSR count). The third-order valence-corrected chi connectivity index (χ3v) is 5.84.